The summed E-state index contributed by atoms with van der Waals surface area (Å²) in [6, 6.07) is 25.4. The molecule has 0 saturated carbocycles. The Morgan fingerprint density at radius 2 is 1.35 bits per heavy atom. The quantitative estimate of drug-likeness (QED) is 0.400. The summed E-state index contributed by atoms with van der Waals surface area (Å²) in [7, 11) is 0. The number of benzene rings is 3. The van der Waals surface area contributed by atoms with Crippen LogP contribution in [0.15, 0.2) is 89.3 Å². The molecule has 0 aliphatic rings. The van der Waals surface area contributed by atoms with E-state index in [1.165, 1.54) is 0 Å². The van der Waals surface area contributed by atoms with E-state index in [0.29, 0.717) is 28.7 Å². The first-order valence-corrected chi connectivity index (χ1v) is 8.07. The third-order valence-electron chi connectivity index (χ3n) is 3.78. The van der Waals surface area contributed by atoms with Gasteiger partial charge in [-0.1, -0.05) is 48.5 Å². The normalized spacial score (nSPS) is 10.5. The number of carbonyl (C=O) groups is 1. The lowest BCUT2D eigenvalue weighted by molar-refractivity contribution is 0.0735. The molecule has 0 fully saturated rings. The van der Waals surface area contributed by atoms with E-state index in [4.69, 9.17) is 9.15 Å². The molecule has 0 unspecified atom stereocenters. The molecule has 5 nitrogen and oxygen atoms in total. The first-order chi connectivity index (χ1) is 12.8. The summed E-state index contributed by atoms with van der Waals surface area (Å²) in [4.78, 5) is 12.3. The van der Waals surface area contributed by atoms with Crippen molar-refractivity contribution < 1.29 is 13.9 Å². The average molecular weight is 342 g/mol. The SMILES string of the molecule is O=C(Oc1ccccc1-c1nnc(-c2ccccc2)o1)c1ccccc1. The molecule has 1 aromatic heterocycles. The Morgan fingerprint density at radius 3 is 2.12 bits per heavy atom. The zero-order chi connectivity index (χ0) is 17.8. The van der Waals surface area contributed by atoms with Crippen molar-refractivity contribution in [2.75, 3.05) is 0 Å². The van der Waals surface area contributed by atoms with Gasteiger partial charge >= 0.3 is 5.97 Å². The van der Waals surface area contributed by atoms with Crippen LogP contribution < -0.4 is 4.74 Å². The number of ether oxygens (including phenoxy) is 1. The van der Waals surface area contributed by atoms with Gasteiger partial charge < -0.3 is 9.15 Å². The minimum atomic E-state index is -0.444. The largest absolute Gasteiger partial charge is 0.422 e. The third kappa shape index (κ3) is 3.23. The van der Waals surface area contributed by atoms with Gasteiger partial charge in [-0.05, 0) is 36.4 Å². The van der Waals surface area contributed by atoms with Crippen LogP contribution in [0.3, 0.4) is 0 Å². The maximum Gasteiger partial charge on any atom is 0.343 e. The van der Waals surface area contributed by atoms with Gasteiger partial charge in [-0.2, -0.15) is 0 Å². The van der Waals surface area contributed by atoms with E-state index in [0.717, 1.165) is 5.56 Å². The van der Waals surface area contributed by atoms with Crippen LogP contribution >= 0.6 is 0 Å². The Hall–Kier alpha value is -3.73. The molecule has 4 rings (SSSR count). The van der Waals surface area contributed by atoms with Crippen molar-refractivity contribution in [3.8, 4) is 28.7 Å². The maximum atomic E-state index is 12.3. The standard InChI is InChI=1S/C21H14N2O3/c24-21(16-11-5-2-6-12-16)25-18-14-8-7-13-17(18)20-23-22-19(26-20)15-9-3-1-4-10-15/h1-14H. The van der Waals surface area contributed by atoms with Gasteiger partial charge in [-0.3, -0.25) is 0 Å². The fourth-order valence-electron chi connectivity index (χ4n) is 2.49. The zero-order valence-corrected chi connectivity index (χ0v) is 13.7. The molecule has 0 aliphatic carbocycles. The van der Waals surface area contributed by atoms with Crippen molar-refractivity contribution in [3.05, 3.63) is 90.5 Å². The van der Waals surface area contributed by atoms with E-state index < -0.39 is 5.97 Å². The predicted molar refractivity (Wildman–Crippen MR) is 96.6 cm³/mol. The second-order valence-corrected chi connectivity index (χ2v) is 5.53. The van der Waals surface area contributed by atoms with Crippen LogP contribution in [0.5, 0.6) is 5.75 Å². The lowest BCUT2D eigenvalue weighted by Gasteiger charge is -2.07. The molecule has 0 aliphatic heterocycles. The molecule has 5 heteroatoms. The van der Waals surface area contributed by atoms with E-state index in [1.807, 2.05) is 42.5 Å². The molecular formula is C21H14N2O3. The van der Waals surface area contributed by atoms with Gasteiger partial charge in [0.2, 0.25) is 5.89 Å². The van der Waals surface area contributed by atoms with Gasteiger partial charge in [-0.15, -0.1) is 10.2 Å². The van der Waals surface area contributed by atoms with E-state index in [2.05, 4.69) is 10.2 Å². The highest BCUT2D eigenvalue weighted by Crippen LogP contribution is 2.31. The smallest absolute Gasteiger partial charge is 0.343 e. The Balaban J connectivity index is 1.64. The van der Waals surface area contributed by atoms with Crippen molar-refractivity contribution in [1.29, 1.82) is 0 Å². The van der Waals surface area contributed by atoms with E-state index in [-0.39, 0.29) is 0 Å². The fourth-order valence-corrected chi connectivity index (χ4v) is 2.49. The summed E-state index contributed by atoms with van der Waals surface area (Å²) in [5.41, 5.74) is 1.86. The van der Waals surface area contributed by atoms with Gasteiger partial charge in [0.15, 0.2) is 0 Å². The van der Waals surface area contributed by atoms with Crippen molar-refractivity contribution in [1.82, 2.24) is 10.2 Å². The fraction of sp³-hybridized carbons (Fsp3) is 0. The molecule has 3 aromatic carbocycles. The highest BCUT2D eigenvalue weighted by molar-refractivity contribution is 5.91. The molecule has 26 heavy (non-hydrogen) atoms. The second-order valence-electron chi connectivity index (χ2n) is 5.53. The number of nitrogens with zero attached hydrogens (tertiary/aromatic N) is 2. The molecule has 1 heterocycles. The zero-order valence-electron chi connectivity index (χ0n) is 13.7. The van der Waals surface area contributed by atoms with Gasteiger partial charge in [0, 0.05) is 5.56 Å². The Labute approximate surface area is 149 Å². The Kier molecular flexibility index (Phi) is 4.26. The number of hydrogen-bond donors (Lipinski definition) is 0. The van der Waals surface area contributed by atoms with Gasteiger partial charge in [0.05, 0.1) is 11.1 Å². The van der Waals surface area contributed by atoms with Gasteiger partial charge in [-0.25, -0.2) is 4.79 Å². The Morgan fingerprint density at radius 1 is 0.731 bits per heavy atom. The first-order valence-electron chi connectivity index (χ1n) is 8.07. The van der Waals surface area contributed by atoms with Gasteiger partial charge in [0.25, 0.3) is 5.89 Å². The molecule has 0 atom stereocenters. The Bertz CT molecular complexity index is 1030. The monoisotopic (exact) mass is 342 g/mol. The topological polar surface area (TPSA) is 65.2 Å². The van der Waals surface area contributed by atoms with Crippen LogP contribution in [0.4, 0.5) is 0 Å². The number of rotatable bonds is 4. The lowest BCUT2D eigenvalue weighted by atomic mass is 10.2. The third-order valence-corrected chi connectivity index (χ3v) is 3.78. The van der Waals surface area contributed by atoms with Crippen molar-refractivity contribution >= 4 is 5.97 Å². The molecule has 126 valence electrons. The van der Waals surface area contributed by atoms with E-state index >= 15 is 0 Å². The van der Waals surface area contributed by atoms with Gasteiger partial charge in [0.1, 0.15) is 5.75 Å². The number of esters is 1. The predicted octanol–water partition coefficient (Wildman–Crippen LogP) is 4.62. The highest BCUT2D eigenvalue weighted by Gasteiger charge is 2.17. The van der Waals surface area contributed by atoms with Crippen LogP contribution in [-0.2, 0) is 0 Å². The minimum absolute atomic E-state index is 0.292. The number of carbonyl (C=O) groups excluding carboxylic acids is 1. The highest BCUT2D eigenvalue weighted by atomic mass is 16.5. The summed E-state index contributed by atoms with van der Waals surface area (Å²) < 4.78 is 11.3. The molecule has 0 saturated heterocycles. The second kappa shape index (κ2) is 7.03. The summed E-state index contributed by atoms with van der Waals surface area (Å²) in [6.07, 6.45) is 0. The lowest BCUT2D eigenvalue weighted by Crippen LogP contribution is -2.08. The molecule has 0 spiro atoms. The van der Waals surface area contributed by atoms with Crippen LogP contribution in [0, 0.1) is 0 Å². The molecule has 0 bridgehead atoms. The van der Waals surface area contributed by atoms with Crippen molar-refractivity contribution in [2.45, 2.75) is 0 Å². The summed E-state index contributed by atoms with van der Waals surface area (Å²) >= 11 is 0. The van der Waals surface area contributed by atoms with Crippen LogP contribution in [0.25, 0.3) is 22.9 Å². The number of para-hydroxylation sites is 1. The van der Waals surface area contributed by atoms with Crippen LogP contribution in [-0.4, -0.2) is 16.2 Å². The maximum absolute atomic E-state index is 12.3. The number of hydrogen-bond acceptors (Lipinski definition) is 5. The van der Waals surface area contributed by atoms with Crippen molar-refractivity contribution in [3.63, 3.8) is 0 Å². The summed E-state index contributed by atoms with van der Waals surface area (Å²) in [5.74, 6) is 0.621. The molecule has 0 radical (unpaired) electrons. The molecular weight excluding hydrogens is 328 g/mol. The minimum Gasteiger partial charge on any atom is -0.422 e. The van der Waals surface area contributed by atoms with E-state index in [1.54, 1.807) is 42.5 Å². The number of aromatic nitrogens is 2. The van der Waals surface area contributed by atoms with Crippen molar-refractivity contribution in [2.24, 2.45) is 0 Å². The van der Waals surface area contributed by atoms with E-state index in [9.17, 15) is 4.79 Å². The first kappa shape index (κ1) is 15.8. The van der Waals surface area contributed by atoms with Crippen LogP contribution in [0.1, 0.15) is 10.4 Å². The summed E-state index contributed by atoms with van der Waals surface area (Å²) in [6.45, 7) is 0. The molecule has 0 amide bonds. The molecule has 0 N–H and O–H groups in total. The average Bonchev–Trinajstić information content (AvgIpc) is 3.20. The summed E-state index contributed by atoms with van der Waals surface area (Å²) in [5, 5.41) is 8.18. The van der Waals surface area contributed by atoms with Crippen LogP contribution in [0.2, 0.25) is 0 Å². The molecule has 4 aromatic rings.